The van der Waals surface area contributed by atoms with Crippen LogP contribution in [0.5, 0.6) is 5.75 Å². The van der Waals surface area contributed by atoms with Gasteiger partial charge in [-0.05, 0) is 36.4 Å². The van der Waals surface area contributed by atoms with Gasteiger partial charge in [-0.1, -0.05) is 12.1 Å². The summed E-state index contributed by atoms with van der Waals surface area (Å²) >= 11 is 1.36. The number of methoxy groups -OCH3 is 1. The second-order valence-electron chi connectivity index (χ2n) is 5.99. The summed E-state index contributed by atoms with van der Waals surface area (Å²) in [6.45, 7) is 0. The number of hydrogen-bond donors (Lipinski definition) is 2. The van der Waals surface area contributed by atoms with E-state index >= 15 is 0 Å². The molecule has 0 saturated heterocycles. The fourth-order valence-electron chi connectivity index (χ4n) is 2.46. The molecule has 0 radical (unpaired) electrons. The number of nitrogens with one attached hydrogen (secondary N) is 2. The van der Waals surface area contributed by atoms with Gasteiger partial charge < -0.3 is 15.4 Å². The number of amides is 1. The average molecular weight is 418 g/mol. The smallest absolute Gasteiger partial charge is 0.230 e. The first-order valence-corrected chi connectivity index (χ1v) is 11.1. The van der Waals surface area contributed by atoms with Gasteiger partial charge in [-0.15, -0.1) is 11.3 Å². The molecule has 0 spiro atoms. The molecule has 146 valence electrons. The number of benzene rings is 2. The lowest BCUT2D eigenvalue weighted by atomic mass is 10.2. The van der Waals surface area contributed by atoms with Gasteiger partial charge in [0.25, 0.3) is 0 Å². The standard InChI is InChI=1S/C19H19N3O4S2/c1-26-17-6-4-3-5-16(17)22-18(23)11-14-12-27-19(21-14)20-13-7-9-15(10-8-13)28(2,24)25/h3-10,12H,11H2,1-2H3,(H,20,21)(H,22,23). The summed E-state index contributed by atoms with van der Waals surface area (Å²) in [6, 6.07) is 13.6. The molecule has 0 aliphatic heterocycles. The summed E-state index contributed by atoms with van der Waals surface area (Å²) in [7, 11) is -1.68. The highest BCUT2D eigenvalue weighted by molar-refractivity contribution is 7.90. The molecule has 0 unspecified atom stereocenters. The summed E-state index contributed by atoms with van der Waals surface area (Å²) < 4.78 is 28.2. The fourth-order valence-corrected chi connectivity index (χ4v) is 3.82. The van der Waals surface area contributed by atoms with Gasteiger partial charge in [0.15, 0.2) is 15.0 Å². The zero-order chi connectivity index (χ0) is 20.1. The summed E-state index contributed by atoms with van der Waals surface area (Å²) in [5, 5.41) is 8.34. The van der Waals surface area contributed by atoms with Crippen LogP contribution in [0.3, 0.4) is 0 Å². The quantitative estimate of drug-likeness (QED) is 0.611. The van der Waals surface area contributed by atoms with E-state index in [-0.39, 0.29) is 17.2 Å². The number of sulfone groups is 1. The van der Waals surface area contributed by atoms with Crippen LogP contribution >= 0.6 is 11.3 Å². The molecule has 9 heteroatoms. The van der Waals surface area contributed by atoms with Gasteiger partial charge in [0.2, 0.25) is 5.91 Å². The number of para-hydroxylation sites is 2. The summed E-state index contributed by atoms with van der Waals surface area (Å²) in [4.78, 5) is 16.9. The maximum atomic E-state index is 12.3. The molecule has 1 amide bonds. The van der Waals surface area contributed by atoms with Gasteiger partial charge >= 0.3 is 0 Å². The summed E-state index contributed by atoms with van der Waals surface area (Å²) in [6.07, 6.45) is 1.29. The molecule has 3 rings (SSSR count). The first-order valence-electron chi connectivity index (χ1n) is 8.29. The zero-order valence-electron chi connectivity index (χ0n) is 15.3. The van der Waals surface area contributed by atoms with Crippen LogP contribution in [0.25, 0.3) is 0 Å². The van der Waals surface area contributed by atoms with Gasteiger partial charge in [-0.25, -0.2) is 13.4 Å². The Morgan fingerprint density at radius 3 is 2.54 bits per heavy atom. The second-order valence-corrected chi connectivity index (χ2v) is 8.86. The van der Waals surface area contributed by atoms with Crippen molar-refractivity contribution in [3.63, 3.8) is 0 Å². The second kappa shape index (κ2) is 8.41. The van der Waals surface area contributed by atoms with Crippen molar-refractivity contribution >= 4 is 43.6 Å². The number of aromatic nitrogens is 1. The molecular formula is C19H19N3O4S2. The summed E-state index contributed by atoms with van der Waals surface area (Å²) in [5.74, 6) is 0.396. The molecule has 2 N–H and O–H groups in total. The number of hydrogen-bond acceptors (Lipinski definition) is 7. The molecule has 0 saturated carbocycles. The van der Waals surface area contributed by atoms with Crippen LogP contribution in [-0.2, 0) is 21.1 Å². The normalized spacial score (nSPS) is 11.1. The molecule has 0 aliphatic rings. The Balaban J connectivity index is 1.61. The third-order valence-electron chi connectivity index (χ3n) is 3.81. The zero-order valence-corrected chi connectivity index (χ0v) is 16.9. The Bertz CT molecular complexity index is 1080. The SMILES string of the molecule is COc1ccccc1NC(=O)Cc1csc(Nc2ccc(S(C)(=O)=O)cc2)n1. The molecule has 0 aliphatic carbocycles. The Morgan fingerprint density at radius 1 is 1.14 bits per heavy atom. The number of thiazole rings is 1. The first kappa shape index (κ1) is 19.8. The molecule has 1 aromatic heterocycles. The van der Waals surface area contributed by atoms with Gasteiger partial charge in [0, 0.05) is 17.3 Å². The Kier molecular flexibility index (Phi) is 5.96. The van der Waals surface area contributed by atoms with Gasteiger partial charge in [-0.3, -0.25) is 4.79 Å². The van der Waals surface area contributed by atoms with E-state index in [1.54, 1.807) is 36.8 Å². The van der Waals surface area contributed by atoms with Gasteiger partial charge in [0.1, 0.15) is 5.75 Å². The first-order chi connectivity index (χ1) is 13.3. The average Bonchev–Trinajstić information content (AvgIpc) is 3.08. The minimum absolute atomic E-state index is 0.128. The molecular weight excluding hydrogens is 398 g/mol. The molecule has 0 fully saturated rings. The van der Waals surface area contributed by atoms with Crippen molar-refractivity contribution in [1.29, 1.82) is 0 Å². The largest absolute Gasteiger partial charge is 0.495 e. The number of carbonyl (C=O) groups excluding carboxylic acids is 1. The fraction of sp³-hybridized carbons (Fsp3) is 0.158. The minimum Gasteiger partial charge on any atom is -0.495 e. The van der Waals surface area contributed by atoms with E-state index in [1.807, 2.05) is 12.1 Å². The van der Waals surface area contributed by atoms with E-state index in [4.69, 9.17) is 4.74 Å². The van der Waals surface area contributed by atoms with Crippen LogP contribution in [0.1, 0.15) is 5.69 Å². The lowest BCUT2D eigenvalue weighted by Crippen LogP contribution is -2.15. The van der Waals surface area contributed by atoms with Crippen molar-refractivity contribution < 1.29 is 17.9 Å². The molecule has 3 aromatic rings. The van der Waals surface area contributed by atoms with Crippen molar-refractivity contribution in [2.24, 2.45) is 0 Å². The van der Waals surface area contributed by atoms with E-state index in [2.05, 4.69) is 15.6 Å². The maximum absolute atomic E-state index is 12.3. The molecule has 2 aromatic carbocycles. The van der Waals surface area contributed by atoms with E-state index in [0.717, 1.165) is 0 Å². The van der Waals surface area contributed by atoms with Crippen molar-refractivity contribution in [1.82, 2.24) is 4.98 Å². The molecule has 28 heavy (non-hydrogen) atoms. The minimum atomic E-state index is -3.23. The van der Waals surface area contributed by atoms with E-state index < -0.39 is 9.84 Å². The Hall–Kier alpha value is -2.91. The maximum Gasteiger partial charge on any atom is 0.230 e. The Morgan fingerprint density at radius 2 is 1.86 bits per heavy atom. The predicted molar refractivity (Wildman–Crippen MR) is 110 cm³/mol. The molecule has 1 heterocycles. The van der Waals surface area contributed by atoms with Crippen LogP contribution in [0.4, 0.5) is 16.5 Å². The monoisotopic (exact) mass is 417 g/mol. The third-order valence-corrected chi connectivity index (χ3v) is 5.74. The van der Waals surface area contributed by atoms with Crippen molar-refractivity contribution in [3.05, 3.63) is 59.6 Å². The predicted octanol–water partition coefficient (Wildman–Crippen LogP) is 3.48. The van der Waals surface area contributed by atoms with Crippen molar-refractivity contribution in [2.75, 3.05) is 24.0 Å². The van der Waals surface area contributed by atoms with Crippen LogP contribution in [0, 0.1) is 0 Å². The number of carbonyl (C=O) groups is 1. The number of anilines is 3. The van der Waals surface area contributed by atoms with Crippen LogP contribution in [0.2, 0.25) is 0 Å². The summed E-state index contributed by atoms with van der Waals surface area (Å²) in [5.41, 5.74) is 1.95. The van der Waals surface area contributed by atoms with Crippen LogP contribution in [0.15, 0.2) is 58.8 Å². The number of nitrogens with zero attached hydrogens (tertiary/aromatic N) is 1. The van der Waals surface area contributed by atoms with Crippen molar-refractivity contribution in [3.8, 4) is 5.75 Å². The van der Waals surface area contributed by atoms with E-state index in [1.165, 1.54) is 29.7 Å². The highest BCUT2D eigenvalue weighted by Gasteiger charge is 2.11. The lowest BCUT2D eigenvalue weighted by Gasteiger charge is -2.09. The molecule has 0 bridgehead atoms. The van der Waals surface area contributed by atoms with Crippen molar-refractivity contribution in [2.45, 2.75) is 11.3 Å². The third kappa shape index (κ3) is 5.08. The van der Waals surface area contributed by atoms with E-state index in [0.29, 0.717) is 27.9 Å². The topological polar surface area (TPSA) is 97.4 Å². The lowest BCUT2D eigenvalue weighted by molar-refractivity contribution is -0.115. The number of rotatable bonds is 7. The molecule has 7 nitrogen and oxygen atoms in total. The van der Waals surface area contributed by atoms with Crippen LogP contribution < -0.4 is 15.4 Å². The highest BCUT2D eigenvalue weighted by Crippen LogP contribution is 2.25. The Labute approximate surface area is 167 Å². The van der Waals surface area contributed by atoms with Gasteiger partial charge in [0.05, 0.1) is 29.8 Å². The highest BCUT2D eigenvalue weighted by atomic mass is 32.2. The van der Waals surface area contributed by atoms with Crippen LogP contribution in [-0.4, -0.2) is 32.7 Å². The van der Waals surface area contributed by atoms with E-state index in [9.17, 15) is 13.2 Å². The van der Waals surface area contributed by atoms with Gasteiger partial charge in [-0.2, -0.15) is 0 Å². The molecule has 0 atom stereocenters. The number of ether oxygens (including phenoxy) is 1.